The summed E-state index contributed by atoms with van der Waals surface area (Å²) in [7, 11) is 1.78. The second-order valence-electron chi connectivity index (χ2n) is 4.04. The normalized spacial score (nSPS) is 10.8. The predicted octanol–water partition coefficient (Wildman–Crippen LogP) is -0.354. The van der Waals surface area contributed by atoms with Crippen molar-refractivity contribution in [3.63, 3.8) is 0 Å². The van der Waals surface area contributed by atoms with Gasteiger partial charge in [-0.3, -0.25) is 4.79 Å². The van der Waals surface area contributed by atoms with Crippen molar-refractivity contribution in [3.05, 3.63) is 11.9 Å². The maximum atomic E-state index is 11.7. The second-order valence-corrected chi connectivity index (χ2v) is 4.04. The Morgan fingerprint density at radius 1 is 1.62 bits per heavy atom. The van der Waals surface area contributed by atoms with Crippen molar-refractivity contribution in [1.29, 1.82) is 0 Å². The fraction of sp³-hybridized carbons (Fsp3) is 0.700. The van der Waals surface area contributed by atoms with Gasteiger partial charge in [-0.15, -0.1) is 5.10 Å². The van der Waals surface area contributed by atoms with Crippen LogP contribution >= 0.6 is 0 Å². The van der Waals surface area contributed by atoms with E-state index in [1.165, 1.54) is 0 Å². The number of nitrogens with zero attached hydrogens (tertiary/aromatic N) is 4. The van der Waals surface area contributed by atoms with Crippen LogP contribution in [0.15, 0.2) is 6.20 Å². The van der Waals surface area contributed by atoms with Gasteiger partial charge in [0.1, 0.15) is 6.54 Å². The van der Waals surface area contributed by atoms with Gasteiger partial charge in [0.25, 0.3) is 0 Å². The lowest BCUT2D eigenvalue weighted by molar-refractivity contribution is -0.132. The molecule has 6 heteroatoms. The van der Waals surface area contributed by atoms with Crippen LogP contribution in [-0.4, -0.2) is 45.4 Å². The summed E-state index contributed by atoms with van der Waals surface area (Å²) in [5.41, 5.74) is 6.23. The summed E-state index contributed by atoms with van der Waals surface area (Å²) in [6, 6.07) is 0.194. The fourth-order valence-electron chi connectivity index (χ4n) is 1.22. The van der Waals surface area contributed by atoms with Gasteiger partial charge in [-0.2, -0.15) is 0 Å². The van der Waals surface area contributed by atoms with Gasteiger partial charge in [0.05, 0.1) is 5.69 Å². The van der Waals surface area contributed by atoms with Crippen LogP contribution in [0.25, 0.3) is 0 Å². The van der Waals surface area contributed by atoms with E-state index in [2.05, 4.69) is 10.3 Å². The first-order valence-electron chi connectivity index (χ1n) is 5.39. The molecule has 0 saturated carbocycles. The highest BCUT2D eigenvalue weighted by Gasteiger charge is 2.13. The quantitative estimate of drug-likeness (QED) is 0.742. The molecular formula is C10H19N5O. The van der Waals surface area contributed by atoms with Crippen molar-refractivity contribution in [2.24, 2.45) is 5.73 Å². The molecule has 0 bridgehead atoms. The number of carbonyl (C=O) groups is 1. The Balaban J connectivity index is 2.56. The number of hydrogen-bond acceptors (Lipinski definition) is 4. The molecule has 0 fully saturated rings. The van der Waals surface area contributed by atoms with Crippen molar-refractivity contribution in [2.75, 3.05) is 13.6 Å². The van der Waals surface area contributed by atoms with Crippen LogP contribution in [0.5, 0.6) is 0 Å². The fourth-order valence-corrected chi connectivity index (χ4v) is 1.22. The van der Waals surface area contributed by atoms with E-state index in [0.717, 1.165) is 5.69 Å². The van der Waals surface area contributed by atoms with Crippen molar-refractivity contribution >= 4 is 5.91 Å². The van der Waals surface area contributed by atoms with Gasteiger partial charge < -0.3 is 10.6 Å². The highest BCUT2D eigenvalue weighted by molar-refractivity contribution is 5.75. The molecule has 1 aromatic heterocycles. The molecular weight excluding hydrogens is 206 g/mol. The molecule has 0 aliphatic heterocycles. The minimum Gasteiger partial charge on any atom is -0.342 e. The zero-order valence-electron chi connectivity index (χ0n) is 10.1. The molecule has 0 aliphatic carbocycles. The Hall–Kier alpha value is -1.43. The van der Waals surface area contributed by atoms with Crippen LogP contribution < -0.4 is 5.73 Å². The van der Waals surface area contributed by atoms with E-state index in [4.69, 9.17) is 5.73 Å². The maximum absolute atomic E-state index is 11.7. The topological polar surface area (TPSA) is 77.0 Å². The molecule has 90 valence electrons. The molecule has 6 nitrogen and oxygen atoms in total. The zero-order valence-corrected chi connectivity index (χ0v) is 10.1. The number of likely N-dealkylation sites (N-methyl/N-ethyl adjacent to an activating group) is 1. The third-order valence-electron chi connectivity index (χ3n) is 2.45. The lowest BCUT2D eigenvalue weighted by Crippen LogP contribution is -2.35. The average molecular weight is 225 g/mol. The second kappa shape index (κ2) is 5.60. The zero-order chi connectivity index (χ0) is 12.1. The van der Waals surface area contributed by atoms with Crippen LogP contribution in [-0.2, 0) is 17.8 Å². The summed E-state index contributed by atoms with van der Waals surface area (Å²) in [5, 5.41) is 7.81. The number of aromatic nitrogens is 3. The van der Waals surface area contributed by atoms with Gasteiger partial charge in [-0.05, 0) is 20.4 Å². The van der Waals surface area contributed by atoms with Crippen molar-refractivity contribution in [3.8, 4) is 0 Å². The minimum atomic E-state index is 0.0270. The largest absolute Gasteiger partial charge is 0.342 e. The predicted molar refractivity (Wildman–Crippen MR) is 60.7 cm³/mol. The molecule has 0 spiro atoms. The average Bonchev–Trinajstić information content (AvgIpc) is 2.65. The van der Waals surface area contributed by atoms with E-state index < -0.39 is 0 Å². The first-order chi connectivity index (χ1) is 7.54. The lowest BCUT2D eigenvalue weighted by Gasteiger charge is -2.20. The van der Waals surface area contributed by atoms with E-state index in [9.17, 15) is 4.79 Å². The van der Waals surface area contributed by atoms with Gasteiger partial charge in [0.2, 0.25) is 5.91 Å². The van der Waals surface area contributed by atoms with Crippen molar-refractivity contribution in [2.45, 2.75) is 32.9 Å². The maximum Gasteiger partial charge on any atom is 0.244 e. The van der Waals surface area contributed by atoms with Crippen molar-refractivity contribution < 1.29 is 4.79 Å². The molecule has 1 amide bonds. The first-order valence-corrected chi connectivity index (χ1v) is 5.39. The third-order valence-corrected chi connectivity index (χ3v) is 2.45. The third kappa shape index (κ3) is 3.30. The van der Waals surface area contributed by atoms with Gasteiger partial charge >= 0.3 is 0 Å². The molecule has 0 saturated heterocycles. The molecule has 0 atom stereocenters. The molecule has 0 unspecified atom stereocenters. The molecule has 1 aromatic rings. The Labute approximate surface area is 95.4 Å². The van der Waals surface area contributed by atoms with E-state index in [-0.39, 0.29) is 18.5 Å². The van der Waals surface area contributed by atoms with Crippen LogP contribution in [0.4, 0.5) is 0 Å². The monoisotopic (exact) mass is 225 g/mol. The van der Waals surface area contributed by atoms with Gasteiger partial charge in [0.15, 0.2) is 0 Å². The summed E-state index contributed by atoms with van der Waals surface area (Å²) in [5.74, 6) is 0.0270. The minimum absolute atomic E-state index is 0.0270. The first kappa shape index (κ1) is 12.6. The number of rotatable bonds is 5. The lowest BCUT2D eigenvalue weighted by atomic mass is 10.3. The highest BCUT2D eigenvalue weighted by Crippen LogP contribution is 1.98. The Morgan fingerprint density at radius 3 is 2.88 bits per heavy atom. The SMILES string of the molecule is CC(C)N(C)C(=O)Cn1cc(CCN)nn1. The van der Waals surface area contributed by atoms with Gasteiger partial charge in [-0.1, -0.05) is 5.21 Å². The highest BCUT2D eigenvalue weighted by atomic mass is 16.2. The van der Waals surface area contributed by atoms with Crippen LogP contribution in [0, 0.1) is 0 Å². The number of carbonyl (C=O) groups excluding carboxylic acids is 1. The van der Waals surface area contributed by atoms with Crippen LogP contribution in [0.1, 0.15) is 19.5 Å². The smallest absolute Gasteiger partial charge is 0.244 e. The Kier molecular flexibility index (Phi) is 4.42. The van der Waals surface area contributed by atoms with E-state index in [1.807, 2.05) is 13.8 Å². The molecule has 1 heterocycles. The van der Waals surface area contributed by atoms with Gasteiger partial charge in [-0.25, -0.2) is 4.68 Å². The molecule has 1 rings (SSSR count). The Bertz CT molecular complexity index is 347. The van der Waals surface area contributed by atoms with E-state index >= 15 is 0 Å². The number of amides is 1. The van der Waals surface area contributed by atoms with E-state index in [1.54, 1.807) is 22.8 Å². The van der Waals surface area contributed by atoms with Gasteiger partial charge in [0, 0.05) is 25.7 Å². The Morgan fingerprint density at radius 2 is 2.31 bits per heavy atom. The molecule has 0 aliphatic rings. The standard InChI is InChI=1S/C10H19N5O/c1-8(2)14(3)10(16)7-15-6-9(4-5-11)12-13-15/h6,8H,4-5,7,11H2,1-3H3. The molecule has 0 radical (unpaired) electrons. The molecule has 0 aromatic carbocycles. The summed E-state index contributed by atoms with van der Waals surface area (Å²) >= 11 is 0. The van der Waals surface area contributed by atoms with Crippen LogP contribution in [0.2, 0.25) is 0 Å². The summed E-state index contributed by atoms with van der Waals surface area (Å²) < 4.78 is 1.55. The summed E-state index contributed by atoms with van der Waals surface area (Å²) in [6.07, 6.45) is 2.45. The molecule has 2 N–H and O–H groups in total. The number of hydrogen-bond donors (Lipinski definition) is 1. The summed E-state index contributed by atoms with van der Waals surface area (Å²) in [6.45, 7) is 4.71. The molecule has 16 heavy (non-hydrogen) atoms. The van der Waals surface area contributed by atoms with E-state index in [0.29, 0.717) is 13.0 Å². The summed E-state index contributed by atoms with van der Waals surface area (Å²) in [4.78, 5) is 13.4. The van der Waals surface area contributed by atoms with Crippen LogP contribution in [0.3, 0.4) is 0 Å². The number of nitrogens with two attached hydrogens (primary N) is 1. The van der Waals surface area contributed by atoms with Crippen molar-refractivity contribution in [1.82, 2.24) is 19.9 Å².